The summed E-state index contributed by atoms with van der Waals surface area (Å²) in [6, 6.07) is 15.1. The number of β-amino-alcohol motifs (C(OH)–C–C–N with tert-alkyl or cyclic N) is 1. The average Bonchev–Trinajstić information content (AvgIpc) is 3.30. The summed E-state index contributed by atoms with van der Waals surface area (Å²) in [4.78, 5) is 14.6. The Morgan fingerprint density at radius 1 is 1.06 bits per heavy atom. The number of benzene rings is 1. The zero-order valence-corrected chi connectivity index (χ0v) is 20.0. The summed E-state index contributed by atoms with van der Waals surface area (Å²) < 4.78 is 12.8. The maximum atomic E-state index is 9.65. The molecule has 0 aliphatic carbocycles. The molecular weight excluding hydrogens is 442 g/mol. The van der Waals surface area contributed by atoms with Crippen LogP contribution >= 0.6 is 0 Å². The molecule has 0 amide bonds. The van der Waals surface area contributed by atoms with E-state index in [4.69, 9.17) is 14.5 Å². The molecule has 0 unspecified atom stereocenters. The van der Waals surface area contributed by atoms with Crippen molar-refractivity contribution >= 4 is 22.2 Å². The Balaban J connectivity index is 1.26. The zero-order chi connectivity index (χ0) is 23.8. The number of anilines is 1. The van der Waals surface area contributed by atoms with E-state index in [0.717, 1.165) is 72.7 Å². The minimum Gasteiger partial charge on any atom is -0.491 e. The molecule has 6 rings (SSSR count). The van der Waals surface area contributed by atoms with Gasteiger partial charge in [-0.15, -0.1) is 0 Å². The quantitative estimate of drug-likeness (QED) is 0.413. The summed E-state index contributed by atoms with van der Waals surface area (Å²) in [6.07, 6.45) is 5.95. The van der Waals surface area contributed by atoms with Gasteiger partial charge in [-0.2, -0.15) is 0 Å². The lowest BCUT2D eigenvalue weighted by Crippen LogP contribution is -2.57. The Morgan fingerprint density at radius 2 is 1.91 bits per heavy atom. The third kappa shape index (κ3) is 4.33. The molecule has 0 spiro atoms. The number of pyridine rings is 2. The molecule has 0 atom stereocenters. The van der Waals surface area contributed by atoms with Crippen LogP contribution in [0.1, 0.15) is 12.8 Å². The molecule has 1 aromatic carbocycles. The molecule has 5 heterocycles. The molecule has 2 fully saturated rings. The van der Waals surface area contributed by atoms with Crippen molar-refractivity contribution in [3.05, 3.63) is 54.9 Å². The molecule has 4 aromatic rings. The molecule has 0 bridgehead atoms. The van der Waals surface area contributed by atoms with Gasteiger partial charge < -0.3 is 19.5 Å². The van der Waals surface area contributed by atoms with E-state index in [9.17, 15) is 5.11 Å². The molecule has 2 aliphatic rings. The third-order valence-electron chi connectivity index (χ3n) is 7.21. The van der Waals surface area contributed by atoms with Gasteiger partial charge in [0.05, 0.1) is 41.5 Å². The summed E-state index contributed by atoms with van der Waals surface area (Å²) >= 11 is 0. The van der Waals surface area contributed by atoms with Gasteiger partial charge in [0, 0.05) is 57.0 Å². The summed E-state index contributed by atoms with van der Waals surface area (Å²) in [5, 5.41) is 10.8. The van der Waals surface area contributed by atoms with Crippen LogP contribution in [0, 0.1) is 0 Å². The second-order valence-corrected chi connectivity index (χ2v) is 9.45. The van der Waals surface area contributed by atoms with E-state index in [2.05, 4.69) is 45.1 Å². The highest BCUT2D eigenvalue weighted by atomic mass is 16.5. The first kappa shape index (κ1) is 22.3. The minimum atomic E-state index is -0.136. The largest absolute Gasteiger partial charge is 0.491 e. The molecule has 0 radical (unpaired) electrons. The van der Waals surface area contributed by atoms with Crippen LogP contribution in [0.25, 0.3) is 27.9 Å². The Bertz CT molecular complexity index is 1330. The lowest BCUT2D eigenvalue weighted by molar-refractivity contribution is -0.0300. The van der Waals surface area contributed by atoms with Crippen LogP contribution in [0.5, 0.6) is 5.75 Å². The Morgan fingerprint density at radius 3 is 2.71 bits per heavy atom. The molecule has 182 valence electrons. The van der Waals surface area contributed by atoms with E-state index in [1.165, 1.54) is 5.69 Å². The van der Waals surface area contributed by atoms with Gasteiger partial charge in [0.1, 0.15) is 18.0 Å². The second-order valence-electron chi connectivity index (χ2n) is 9.45. The first-order chi connectivity index (χ1) is 17.2. The molecule has 8 heteroatoms. The van der Waals surface area contributed by atoms with Crippen molar-refractivity contribution < 1.29 is 14.6 Å². The Labute approximate surface area is 204 Å². The van der Waals surface area contributed by atoms with Crippen LogP contribution in [0.2, 0.25) is 0 Å². The van der Waals surface area contributed by atoms with Crippen molar-refractivity contribution in [3.8, 4) is 17.1 Å². The molecule has 35 heavy (non-hydrogen) atoms. The number of ether oxygens (including phenoxy) is 2. The number of methoxy groups -OCH3 is 1. The molecular formula is C27H31N5O3. The van der Waals surface area contributed by atoms with Gasteiger partial charge in [0.25, 0.3) is 0 Å². The fraction of sp³-hybridized carbons (Fsp3) is 0.407. The summed E-state index contributed by atoms with van der Waals surface area (Å²) in [7, 11) is 1.66. The monoisotopic (exact) mass is 473 g/mol. The average molecular weight is 474 g/mol. The van der Waals surface area contributed by atoms with E-state index < -0.39 is 0 Å². The maximum absolute atomic E-state index is 9.65. The Kier molecular flexibility index (Phi) is 6.01. The molecule has 2 saturated heterocycles. The van der Waals surface area contributed by atoms with Crippen LogP contribution in [0.3, 0.4) is 0 Å². The number of rotatable bonds is 7. The predicted octanol–water partition coefficient (Wildman–Crippen LogP) is 3.22. The number of aliphatic hydroxyl groups excluding tert-OH is 1. The van der Waals surface area contributed by atoms with Gasteiger partial charge in [-0.3, -0.25) is 9.30 Å². The number of imidazole rings is 1. The first-order valence-electron chi connectivity index (χ1n) is 12.4. The molecule has 2 aliphatic heterocycles. The zero-order valence-electron chi connectivity index (χ0n) is 20.0. The van der Waals surface area contributed by atoms with Crippen molar-refractivity contribution in [1.29, 1.82) is 0 Å². The first-order valence-corrected chi connectivity index (χ1v) is 12.4. The van der Waals surface area contributed by atoms with E-state index in [1.807, 2.05) is 28.9 Å². The molecule has 3 aromatic heterocycles. The lowest BCUT2D eigenvalue weighted by atomic mass is 9.98. The molecule has 8 nitrogen and oxygen atoms in total. The fourth-order valence-electron chi connectivity index (χ4n) is 5.27. The topological polar surface area (TPSA) is 75.4 Å². The van der Waals surface area contributed by atoms with Crippen molar-refractivity contribution in [2.75, 3.05) is 51.4 Å². The highest BCUT2D eigenvalue weighted by Crippen LogP contribution is 2.32. The SMILES string of the molecule is COCCOc1ccn2c(-c3ccc4cccc(N5CCC(N6CC(O)C6)CC5)c4n3)cnc2c1. The molecule has 0 saturated carbocycles. The summed E-state index contributed by atoms with van der Waals surface area (Å²) in [5.41, 5.74) is 4.89. The third-order valence-corrected chi connectivity index (χ3v) is 7.21. The number of hydrogen-bond donors (Lipinski definition) is 1. The number of aliphatic hydroxyl groups is 1. The van der Waals surface area contributed by atoms with Gasteiger partial charge in [0.15, 0.2) is 0 Å². The maximum Gasteiger partial charge on any atom is 0.140 e. The number of para-hydroxylation sites is 1. The smallest absolute Gasteiger partial charge is 0.140 e. The van der Waals surface area contributed by atoms with E-state index in [0.29, 0.717) is 19.3 Å². The van der Waals surface area contributed by atoms with Crippen molar-refractivity contribution in [1.82, 2.24) is 19.3 Å². The number of hydrogen-bond acceptors (Lipinski definition) is 7. The minimum absolute atomic E-state index is 0.136. The van der Waals surface area contributed by atoms with E-state index >= 15 is 0 Å². The molecule has 1 N–H and O–H groups in total. The van der Waals surface area contributed by atoms with Crippen LogP contribution in [-0.2, 0) is 4.74 Å². The van der Waals surface area contributed by atoms with Gasteiger partial charge >= 0.3 is 0 Å². The highest BCUT2D eigenvalue weighted by Gasteiger charge is 2.33. The normalized spacial score (nSPS) is 17.8. The number of nitrogens with zero attached hydrogens (tertiary/aromatic N) is 5. The van der Waals surface area contributed by atoms with Crippen LogP contribution < -0.4 is 9.64 Å². The van der Waals surface area contributed by atoms with Gasteiger partial charge in [0.2, 0.25) is 0 Å². The van der Waals surface area contributed by atoms with Crippen molar-refractivity contribution in [2.45, 2.75) is 25.0 Å². The lowest BCUT2D eigenvalue weighted by Gasteiger charge is -2.45. The number of aromatic nitrogens is 3. The van der Waals surface area contributed by atoms with Crippen LogP contribution in [0.15, 0.2) is 54.9 Å². The number of piperidine rings is 1. The van der Waals surface area contributed by atoms with E-state index in [-0.39, 0.29) is 6.10 Å². The van der Waals surface area contributed by atoms with Gasteiger partial charge in [-0.25, -0.2) is 9.97 Å². The standard InChI is InChI=1S/C27H31N5O3/c1-34-13-14-35-22-9-12-32-25(16-28-26(32)15-22)23-6-5-19-3-2-4-24(27(19)29-23)30-10-7-20(8-11-30)31-17-21(33)18-31/h2-6,9,12,15-16,20-21,33H,7-8,10-11,13-14,17-18H2,1H3. The number of fused-ring (bicyclic) bond motifs is 2. The van der Waals surface area contributed by atoms with Crippen molar-refractivity contribution in [2.24, 2.45) is 0 Å². The van der Waals surface area contributed by atoms with Gasteiger partial charge in [-0.1, -0.05) is 18.2 Å². The number of likely N-dealkylation sites (tertiary alicyclic amines) is 1. The predicted molar refractivity (Wildman–Crippen MR) is 136 cm³/mol. The van der Waals surface area contributed by atoms with Crippen LogP contribution in [0.4, 0.5) is 5.69 Å². The Hall–Kier alpha value is -3.20. The van der Waals surface area contributed by atoms with Gasteiger partial charge in [-0.05, 0) is 31.0 Å². The summed E-state index contributed by atoms with van der Waals surface area (Å²) in [5.74, 6) is 0.775. The van der Waals surface area contributed by atoms with Crippen molar-refractivity contribution in [3.63, 3.8) is 0 Å². The van der Waals surface area contributed by atoms with E-state index in [1.54, 1.807) is 7.11 Å². The fourth-order valence-corrected chi connectivity index (χ4v) is 5.27. The van der Waals surface area contributed by atoms with Crippen LogP contribution in [-0.4, -0.2) is 83.0 Å². The summed E-state index contributed by atoms with van der Waals surface area (Å²) in [6.45, 7) is 4.71. The second kappa shape index (κ2) is 9.45. The highest BCUT2D eigenvalue weighted by molar-refractivity contribution is 5.92.